The van der Waals surface area contributed by atoms with Crippen LogP contribution in [0, 0.1) is 0 Å². The van der Waals surface area contributed by atoms with Crippen LogP contribution in [0.4, 0.5) is 18.9 Å². The zero-order chi connectivity index (χ0) is 26.0. The van der Waals surface area contributed by atoms with Crippen LogP contribution in [0.15, 0.2) is 79.1 Å². The maximum absolute atomic E-state index is 13.2. The number of nitrogens with zero attached hydrogens (tertiary/aromatic N) is 3. The topological polar surface area (TPSA) is 75.6 Å². The lowest BCUT2D eigenvalue weighted by Gasteiger charge is -2.21. The molecule has 2 aromatic heterocycles. The molecular weight excluding hydrogens is 483 g/mol. The highest BCUT2D eigenvalue weighted by molar-refractivity contribution is 5.87. The Labute approximate surface area is 211 Å². The maximum atomic E-state index is 13.2. The van der Waals surface area contributed by atoms with E-state index in [4.69, 9.17) is 9.84 Å². The number of alkyl halides is 3. The average Bonchev–Trinajstić information content (AvgIpc) is 3.30. The normalized spacial score (nSPS) is 12.9. The molecular formula is C28H22F3N3O3. The van der Waals surface area contributed by atoms with Gasteiger partial charge in [-0.05, 0) is 47.9 Å². The van der Waals surface area contributed by atoms with E-state index in [1.54, 1.807) is 6.07 Å². The van der Waals surface area contributed by atoms with E-state index >= 15 is 0 Å². The third-order valence-electron chi connectivity index (χ3n) is 6.18. The number of hydrogen-bond acceptors (Lipinski definition) is 5. The van der Waals surface area contributed by atoms with Crippen LogP contribution in [0.25, 0.3) is 11.3 Å². The van der Waals surface area contributed by atoms with Crippen LogP contribution < -0.4 is 9.64 Å². The minimum absolute atomic E-state index is 0.0394. The van der Waals surface area contributed by atoms with Crippen LogP contribution in [0.2, 0.25) is 0 Å². The predicted molar refractivity (Wildman–Crippen MR) is 131 cm³/mol. The SMILES string of the molecule is O=C(O)c1cncc(OCc2cccc(-c3ccc(CN4CCc5ccc(C(F)(F)F)cc54)cc3)n2)c1. The molecule has 1 aliphatic rings. The smallest absolute Gasteiger partial charge is 0.416 e. The molecule has 0 amide bonds. The van der Waals surface area contributed by atoms with Gasteiger partial charge in [0, 0.05) is 30.5 Å². The molecule has 0 radical (unpaired) electrons. The van der Waals surface area contributed by atoms with Gasteiger partial charge in [-0.3, -0.25) is 4.98 Å². The van der Waals surface area contributed by atoms with E-state index in [-0.39, 0.29) is 12.2 Å². The number of rotatable bonds is 7. The molecule has 188 valence electrons. The van der Waals surface area contributed by atoms with Crippen molar-refractivity contribution >= 4 is 11.7 Å². The summed E-state index contributed by atoms with van der Waals surface area (Å²) >= 11 is 0. The lowest BCUT2D eigenvalue weighted by Crippen LogP contribution is -2.20. The minimum atomic E-state index is -4.36. The molecule has 0 aliphatic carbocycles. The van der Waals surface area contributed by atoms with Gasteiger partial charge >= 0.3 is 12.1 Å². The molecule has 1 N–H and O–H groups in total. The lowest BCUT2D eigenvalue weighted by molar-refractivity contribution is -0.137. The first-order valence-electron chi connectivity index (χ1n) is 11.6. The van der Waals surface area contributed by atoms with Crippen LogP contribution in [-0.4, -0.2) is 27.6 Å². The highest BCUT2D eigenvalue weighted by atomic mass is 19.4. The Hall–Kier alpha value is -4.40. The zero-order valence-corrected chi connectivity index (χ0v) is 19.6. The highest BCUT2D eigenvalue weighted by Crippen LogP contribution is 2.36. The number of benzene rings is 2. The van der Waals surface area contributed by atoms with E-state index in [9.17, 15) is 18.0 Å². The molecule has 0 saturated heterocycles. The van der Waals surface area contributed by atoms with Gasteiger partial charge in [0.2, 0.25) is 0 Å². The number of aromatic nitrogens is 2. The number of hydrogen-bond donors (Lipinski definition) is 1. The van der Waals surface area contributed by atoms with Gasteiger partial charge in [0.05, 0.1) is 28.7 Å². The molecule has 0 atom stereocenters. The van der Waals surface area contributed by atoms with Crippen molar-refractivity contribution in [3.05, 3.63) is 107 Å². The number of carboxylic acid groups (broad SMARTS) is 1. The van der Waals surface area contributed by atoms with Gasteiger partial charge in [0.15, 0.2) is 0 Å². The molecule has 2 aromatic carbocycles. The molecule has 0 bridgehead atoms. The summed E-state index contributed by atoms with van der Waals surface area (Å²) in [6, 6.07) is 18.7. The Morgan fingerprint density at radius 3 is 2.59 bits per heavy atom. The second-order valence-corrected chi connectivity index (χ2v) is 8.73. The van der Waals surface area contributed by atoms with Crippen molar-refractivity contribution in [1.29, 1.82) is 0 Å². The van der Waals surface area contributed by atoms with E-state index in [1.165, 1.54) is 24.5 Å². The van der Waals surface area contributed by atoms with Crippen molar-refractivity contribution in [2.45, 2.75) is 25.7 Å². The van der Waals surface area contributed by atoms with E-state index in [2.05, 4.69) is 9.97 Å². The Bertz CT molecular complexity index is 1440. The molecule has 6 nitrogen and oxygen atoms in total. The highest BCUT2D eigenvalue weighted by Gasteiger charge is 2.32. The summed E-state index contributed by atoms with van der Waals surface area (Å²) in [7, 11) is 0. The number of carboxylic acids is 1. The standard InChI is InChI=1S/C28H22F3N3O3/c29-28(30,31)22-9-8-20-10-11-34(26(20)13-22)16-18-4-6-19(7-5-18)25-3-1-2-23(33-25)17-37-24-12-21(27(35)36)14-32-15-24/h1-9,12-15H,10-11,16-17H2,(H,35,36). The quantitative estimate of drug-likeness (QED) is 0.332. The Morgan fingerprint density at radius 1 is 1.03 bits per heavy atom. The van der Waals surface area contributed by atoms with E-state index in [1.807, 2.05) is 47.4 Å². The van der Waals surface area contributed by atoms with E-state index in [0.717, 1.165) is 34.9 Å². The van der Waals surface area contributed by atoms with Crippen LogP contribution in [0.1, 0.15) is 32.7 Å². The number of aromatic carboxylic acids is 1. The first kappa shape index (κ1) is 24.3. The van der Waals surface area contributed by atoms with Gasteiger partial charge in [0.1, 0.15) is 12.4 Å². The summed E-state index contributed by atoms with van der Waals surface area (Å²) < 4.78 is 45.2. The first-order valence-corrected chi connectivity index (χ1v) is 11.6. The molecule has 1 aliphatic heterocycles. The lowest BCUT2D eigenvalue weighted by atomic mass is 10.1. The molecule has 5 rings (SSSR count). The summed E-state index contributed by atoms with van der Waals surface area (Å²) in [5.41, 5.74) is 4.26. The Balaban J connectivity index is 1.26. The molecule has 4 aromatic rings. The summed E-state index contributed by atoms with van der Waals surface area (Å²) in [4.78, 5) is 21.6. The Morgan fingerprint density at radius 2 is 1.84 bits per heavy atom. The molecule has 0 unspecified atom stereocenters. The van der Waals surface area contributed by atoms with Crippen LogP contribution in [0.3, 0.4) is 0 Å². The van der Waals surface area contributed by atoms with E-state index < -0.39 is 17.7 Å². The average molecular weight is 505 g/mol. The largest absolute Gasteiger partial charge is 0.486 e. The van der Waals surface area contributed by atoms with Crippen molar-refractivity contribution in [3.8, 4) is 17.0 Å². The predicted octanol–water partition coefficient (Wildman–Crippen LogP) is 6.00. The van der Waals surface area contributed by atoms with Crippen molar-refractivity contribution in [2.24, 2.45) is 0 Å². The number of carbonyl (C=O) groups is 1. The van der Waals surface area contributed by atoms with Gasteiger partial charge in [0.25, 0.3) is 0 Å². The molecule has 9 heteroatoms. The van der Waals surface area contributed by atoms with Crippen molar-refractivity contribution in [3.63, 3.8) is 0 Å². The van der Waals surface area contributed by atoms with Gasteiger partial charge in [-0.25, -0.2) is 9.78 Å². The number of anilines is 1. The van der Waals surface area contributed by atoms with Crippen LogP contribution in [0.5, 0.6) is 5.75 Å². The van der Waals surface area contributed by atoms with Crippen molar-refractivity contribution in [2.75, 3.05) is 11.4 Å². The fourth-order valence-corrected chi connectivity index (χ4v) is 4.28. The number of ether oxygens (including phenoxy) is 1. The third kappa shape index (κ3) is 5.55. The molecule has 0 saturated carbocycles. The van der Waals surface area contributed by atoms with Gasteiger partial charge in [-0.2, -0.15) is 13.2 Å². The summed E-state index contributed by atoms with van der Waals surface area (Å²) in [6.45, 7) is 1.33. The fraction of sp³-hybridized carbons (Fsp3) is 0.179. The van der Waals surface area contributed by atoms with Crippen LogP contribution >= 0.6 is 0 Å². The van der Waals surface area contributed by atoms with Gasteiger partial charge < -0.3 is 14.7 Å². The fourth-order valence-electron chi connectivity index (χ4n) is 4.28. The summed E-state index contributed by atoms with van der Waals surface area (Å²) in [5.74, 6) is -0.746. The third-order valence-corrected chi connectivity index (χ3v) is 6.18. The molecule has 3 heterocycles. The van der Waals surface area contributed by atoms with Gasteiger partial charge in [-0.15, -0.1) is 0 Å². The van der Waals surface area contributed by atoms with Gasteiger partial charge in [-0.1, -0.05) is 36.4 Å². The number of halogens is 3. The van der Waals surface area contributed by atoms with Crippen molar-refractivity contribution < 1.29 is 27.8 Å². The molecule has 0 fully saturated rings. The minimum Gasteiger partial charge on any atom is -0.486 e. The maximum Gasteiger partial charge on any atom is 0.416 e. The Kier molecular flexibility index (Phi) is 6.52. The summed E-state index contributed by atoms with van der Waals surface area (Å²) in [6.07, 6.45) is -0.949. The number of pyridine rings is 2. The molecule has 37 heavy (non-hydrogen) atoms. The van der Waals surface area contributed by atoms with E-state index in [0.29, 0.717) is 30.2 Å². The number of fused-ring (bicyclic) bond motifs is 1. The zero-order valence-electron chi connectivity index (χ0n) is 19.6. The molecule has 0 spiro atoms. The summed E-state index contributed by atoms with van der Waals surface area (Å²) in [5, 5.41) is 9.09. The van der Waals surface area contributed by atoms with Crippen molar-refractivity contribution in [1.82, 2.24) is 9.97 Å². The first-order chi connectivity index (χ1) is 17.8. The second kappa shape index (κ2) is 9.93. The van der Waals surface area contributed by atoms with Crippen LogP contribution in [-0.2, 0) is 25.7 Å². The monoisotopic (exact) mass is 505 g/mol. The second-order valence-electron chi connectivity index (χ2n) is 8.73.